The van der Waals surface area contributed by atoms with Crippen molar-refractivity contribution in [2.75, 3.05) is 0 Å². The van der Waals surface area contributed by atoms with Gasteiger partial charge in [0.25, 0.3) is 0 Å². The van der Waals surface area contributed by atoms with Gasteiger partial charge in [0.1, 0.15) is 18.1 Å². The SMILES string of the molecule is CC(=O)NC(C(=O)NC(CC1CC1)C(=O)NC(C#N)CC1CCC2(CC2)NC1=O)C(C)(C)C. The molecule has 33 heavy (non-hydrogen) atoms. The van der Waals surface area contributed by atoms with Gasteiger partial charge < -0.3 is 21.3 Å². The summed E-state index contributed by atoms with van der Waals surface area (Å²) >= 11 is 0. The molecule has 9 nitrogen and oxygen atoms in total. The van der Waals surface area contributed by atoms with Crippen LogP contribution in [-0.2, 0) is 19.2 Å². The van der Waals surface area contributed by atoms with Crippen LogP contribution in [0, 0.1) is 28.6 Å². The average molecular weight is 460 g/mol. The molecule has 4 unspecified atom stereocenters. The Morgan fingerprint density at radius 2 is 1.73 bits per heavy atom. The molecule has 1 spiro atoms. The van der Waals surface area contributed by atoms with E-state index in [-0.39, 0.29) is 29.7 Å². The van der Waals surface area contributed by atoms with Crippen molar-refractivity contribution in [1.82, 2.24) is 21.3 Å². The zero-order chi connectivity index (χ0) is 24.4. The summed E-state index contributed by atoms with van der Waals surface area (Å²) in [5.74, 6) is -1.16. The van der Waals surface area contributed by atoms with Crippen LogP contribution in [0.1, 0.15) is 79.1 Å². The summed E-state index contributed by atoms with van der Waals surface area (Å²) in [5.41, 5.74) is -0.561. The van der Waals surface area contributed by atoms with Crippen molar-refractivity contribution in [3.05, 3.63) is 0 Å². The summed E-state index contributed by atoms with van der Waals surface area (Å²) in [6.45, 7) is 6.88. The largest absolute Gasteiger partial charge is 0.350 e. The Labute approximate surface area is 195 Å². The van der Waals surface area contributed by atoms with Crippen molar-refractivity contribution in [1.29, 1.82) is 5.26 Å². The molecule has 3 aliphatic rings. The van der Waals surface area contributed by atoms with Gasteiger partial charge in [-0.05, 0) is 49.9 Å². The van der Waals surface area contributed by atoms with Gasteiger partial charge in [0.15, 0.2) is 0 Å². The second-order valence-electron chi connectivity index (χ2n) is 11.2. The number of hydrogen-bond acceptors (Lipinski definition) is 5. The van der Waals surface area contributed by atoms with E-state index in [1.165, 1.54) is 6.92 Å². The fourth-order valence-electron chi connectivity index (χ4n) is 4.51. The molecule has 0 aromatic rings. The van der Waals surface area contributed by atoms with E-state index in [2.05, 4.69) is 27.3 Å². The van der Waals surface area contributed by atoms with E-state index in [0.29, 0.717) is 18.8 Å². The fourth-order valence-corrected chi connectivity index (χ4v) is 4.51. The van der Waals surface area contributed by atoms with Crippen LogP contribution >= 0.6 is 0 Å². The van der Waals surface area contributed by atoms with E-state index < -0.39 is 35.4 Å². The molecule has 3 fully saturated rings. The number of rotatable bonds is 9. The molecule has 0 radical (unpaired) electrons. The Kier molecular flexibility index (Phi) is 7.35. The molecule has 4 amide bonds. The second-order valence-corrected chi connectivity index (χ2v) is 11.2. The third kappa shape index (κ3) is 6.92. The first kappa shape index (κ1) is 25.0. The van der Waals surface area contributed by atoms with Crippen LogP contribution in [-0.4, -0.2) is 47.3 Å². The molecule has 3 rings (SSSR count). The van der Waals surface area contributed by atoms with Gasteiger partial charge in [0.05, 0.1) is 6.07 Å². The molecular formula is C24H37N5O4. The molecule has 1 aliphatic heterocycles. The Hall–Kier alpha value is -2.63. The summed E-state index contributed by atoms with van der Waals surface area (Å²) in [6, 6.07) is -0.297. The van der Waals surface area contributed by atoms with Crippen molar-refractivity contribution in [2.45, 2.75) is 103 Å². The van der Waals surface area contributed by atoms with Crippen LogP contribution in [0.5, 0.6) is 0 Å². The minimum absolute atomic E-state index is 0.0177. The maximum absolute atomic E-state index is 13.1. The molecule has 2 saturated carbocycles. The lowest BCUT2D eigenvalue weighted by Gasteiger charge is -2.32. The van der Waals surface area contributed by atoms with Crippen LogP contribution in [0.4, 0.5) is 0 Å². The Balaban J connectivity index is 1.61. The Bertz CT molecular complexity index is 835. The van der Waals surface area contributed by atoms with Crippen molar-refractivity contribution >= 4 is 23.6 Å². The first-order chi connectivity index (χ1) is 15.4. The first-order valence-corrected chi connectivity index (χ1v) is 12.0. The summed E-state index contributed by atoms with van der Waals surface area (Å²) in [7, 11) is 0. The minimum atomic E-state index is -0.811. The summed E-state index contributed by atoms with van der Waals surface area (Å²) in [6.07, 6.45) is 6.39. The topological polar surface area (TPSA) is 140 Å². The lowest BCUT2D eigenvalue weighted by Crippen LogP contribution is -2.58. The molecule has 9 heteroatoms. The van der Waals surface area contributed by atoms with E-state index in [1.54, 1.807) is 0 Å². The molecule has 0 bridgehead atoms. The maximum atomic E-state index is 13.1. The van der Waals surface area contributed by atoms with Gasteiger partial charge in [-0.3, -0.25) is 19.2 Å². The molecule has 0 aromatic carbocycles. The van der Waals surface area contributed by atoms with E-state index in [0.717, 1.165) is 32.1 Å². The molecular weight excluding hydrogens is 422 g/mol. The Morgan fingerprint density at radius 1 is 1.06 bits per heavy atom. The number of nitrogens with one attached hydrogen (secondary N) is 4. The quantitative estimate of drug-likeness (QED) is 0.411. The number of piperidine rings is 1. The fraction of sp³-hybridized carbons (Fsp3) is 0.792. The highest BCUT2D eigenvalue weighted by Gasteiger charge is 2.48. The zero-order valence-corrected chi connectivity index (χ0v) is 20.1. The van der Waals surface area contributed by atoms with Gasteiger partial charge in [-0.2, -0.15) is 5.26 Å². The predicted molar refractivity (Wildman–Crippen MR) is 121 cm³/mol. The van der Waals surface area contributed by atoms with Gasteiger partial charge in [0.2, 0.25) is 23.6 Å². The summed E-state index contributed by atoms with van der Waals surface area (Å²) in [4.78, 5) is 50.1. The minimum Gasteiger partial charge on any atom is -0.350 e. The normalized spacial score (nSPS) is 24.0. The number of carbonyl (C=O) groups is 4. The highest BCUT2D eigenvalue weighted by molar-refractivity contribution is 5.92. The smallest absolute Gasteiger partial charge is 0.243 e. The van der Waals surface area contributed by atoms with Crippen LogP contribution in [0.2, 0.25) is 0 Å². The number of nitriles is 1. The highest BCUT2D eigenvalue weighted by Crippen LogP contribution is 2.44. The van der Waals surface area contributed by atoms with Crippen molar-refractivity contribution in [3.8, 4) is 6.07 Å². The van der Waals surface area contributed by atoms with Crippen LogP contribution in [0.3, 0.4) is 0 Å². The van der Waals surface area contributed by atoms with Crippen molar-refractivity contribution < 1.29 is 19.2 Å². The van der Waals surface area contributed by atoms with E-state index in [4.69, 9.17) is 0 Å². The number of hydrogen-bond donors (Lipinski definition) is 4. The average Bonchev–Trinajstić information content (AvgIpc) is 3.64. The molecule has 1 heterocycles. The van der Waals surface area contributed by atoms with Gasteiger partial charge in [-0.1, -0.05) is 33.6 Å². The van der Waals surface area contributed by atoms with Crippen molar-refractivity contribution in [2.24, 2.45) is 17.3 Å². The summed E-state index contributed by atoms with van der Waals surface area (Å²) < 4.78 is 0. The molecule has 1 saturated heterocycles. The van der Waals surface area contributed by atoms with Gasteiger partial charge >= 0.3 is 0 Å². The van der Waals surface area contributed by atoms with Crippen LogP contribution in [0.25, 0.3) is 0 Å². The third-order valence-corrected chi connectivity index (χ3v) is 6.95. The van der Waals surface area contributed by atoms with Gasteiger partial charge in [0, 0.05) is 18.4 Å². The third-order valence-electron chi connectivity index (χ3n) is 6.95. The molecule has 2 aliphatic carbocycles. The summed E-state index contributed by atoms with van der Waals surface area (Å²) in [5, 5.41) is 20.9. The lowest BCUT2D eigenvalue weighted by molar-refractivity contribution is -0.134. The maximum Gasteiger partial charge on any atom is 0.243 e. The first-order valence-electron chi connectivity index (χ1n) is 12.0. The molecule has 4 N–H and O–H groups in total. The zero-order valence-electron chi connectivity index (χ0n) is 20.1. The van der Waals surface area contributed by atoms with E-state index in [1.807, 2.05) is 20.8 Å². The standard InChI is InChI=1S/C24H37N5O4/c1-14(30)26-19(23(2,3)4)22(33)28-18(11-15-5-6-15)21(32)27-17(13-25)12-16-7-8-24(9-10-24)29-20(16)31/h15-19H,5-12H2,1-4H3,(H,26,30)(H,27,32)(H,28,33)(H,29,31). The highest BCUT2D eigenvalue weighted by atomic mass is 16.2. The number of carbonyl (C=O) groups excluding carboxylic acids is 4. The van der Waals surface area contributed by atoms with Crippen LogP contribution < -0.4 is 21.3 Å². The van der Waals surface area contributed by atoms with Gasteiger partial charge in [-0.15, -0.1) is 0 Å². The molecule has 4 atom stereocenters. The van der Waals surface area contributed by atoms with E-state index >= 15 is 0 Å². The molecule has 182 valence electrons. The van der Waals surface area contributed by atoms with E-state index in [9.17, 15) is 24.4 Å². The molecule has 0 aromatic heterocycles. The predicted octanol–water partition coefficient (Wildman–Crippen LogP) is 1.28. The van der Waals surface area contributed by atoms with Gasteiger partial charge in [-0.25, -0.2) is 0 Å². The second kappa shape index (κ2) is 9.70. The monoisotopic (exact) mass is 459 g/mol. The number of nitrogens with zero attached hydrogens (tertiary/aromatic N) is 1. The van der Waals surface area contributed by atoms with Crippen molar-refractivity contribution in [3.63, 3.8) is 0 Å². The lowest BCUT2D eigenvalue weighted by atomic mass is 9.85. The van der Waals surface area contributed by atoms with Crippen LogP contribution in [0.15, 0.2) is 0 Å². The number of amides is 4. The Morgan fingerprint density at radius 3 is 2.21 bits per heavy atom.